The number of anilines is 1. The minimum atomic E-state index is 0.107. The zero-order valence-electron chi connectivity index (χ0n) is 9.79. The van der Waals surface area contributed by atoms with Crippen molar-refractivity contribution in [2.24, 2.45) is 5.73 Å². The van der Waals surface area contributed by atoms with E-state index >= 15 is 0 Å². The Balaban J connectivity index is 2.25. The summed E-state index contributed by atoms with van der Waals surface area (Å²) in [5, 5.41) is 3.26. The van der Waals surface area contributed by atoms with Crippen LogP contribution in [0.3, 0.4) is 0 Å². The van der Waals surface area contributed by atoms with Crippen LogP contribution in [0.15, 0.2) is 0 Å². The lowest BCUT2D eigenvalue weighted by atomic mass is 10.1. The number of hydrogen-bond donors (Lipinski definition) is 2. The van der Waals surface area contributed by atoms with Gasteiger partial charge in [-0.25, -0.2) is 9.97 Å². The van der Waals surface area contributed by atoms with Gasteiger partial charge in [0.15, 0.2) is 0 Å². The molecule has 1 aromatic rings. The molecule has 5 heteroatoms. The summed E-state index contributed by atoms with van der Waals surface area (Å²) in [7, 11) is 0. The first kappa shape index (κ1) is 11.3. The smallest absolute Gasteiger partial charge is 0.135 e. The van der Waals surface area contributed by atoms with Crippen LogP contribution < -0.4 is 11.1 Å². The van der Waals surface area contributed by atoms with Crippen molar-refractivity contribution < 1.29 is 4.74 Å². The second kappa shape index (κ2) is 4.76. The lowest BCUT2D eigenvalue weighted by Gasteiger charge is -2.20. The summed E-state index contributed by atoms with van der Waals surface area (Å²) >= 11 is 0. The molecule has 0 amide bonds. The molecule has 0 saturated carbocycles. The van der Waals surface area contributed by atoms with E-state index in [2.05, 4.69) is 15.3 Å². The minimum absolute atomic E-state index is 0.107. The summed E-state index contributed by atoms with van der Waals surface area (Å²) in [6.45, 7) is 5.92. The fourth-order valence-corrected chi connectivity index (χ4v) is 1.76. The molecule has 0 aromatic carbocycles. The highest BCUT2D eigenvalue weighted by Crippen LogP contribution is 2.21. The van der Waals surface area contributed by atoms with Crippen LogP contribution in [0.1, 0.15) is 24.0 Å². The molecule has 3 N–H and O–H groups in total. The van der Waals surface area contributed by atoms with Crippen molar-refractivity contribution in [2.45, 2.75) is 32.9 Å². The Hall–Kier alpha value is -1.20. The molecule has 1 aromatic heterocycles. The molecule has 1 aliphatic rings. The number of nitrogens with zero attached hydrogens (tertiary/aromatic N) is 2. The second-order valence-electron chi connectivity index (χ2n) is 4.21. The average Bonchev–Trinajstić information content (AvgIpc) is 2.25. The third kappa shape index (κ3) is 2.48. The molecular weight excluding hydrogens is 204 g/mol. The number of fused-ring (bicyclic) bond motifs is 1. The van der Waals surface area contributed by atoms with E-state index < -0.39 is 0 Å². The second-order valence-corrected chi connectivity index (χ2v) is 4.21. The van der Waals surface area contributed by atoms with Crippen LogP contribution in [0.5, 0.6) is 0 Å². The van der Waals surface area contributed by atoms with Gasteiger partial charge in [0.1, 0.15) is 11.6 Å². The Bertz CT molecular complexity index is 378. The number of rotatable bonds is 3. The molecule has 88 valence electrons. The molecule has 0 spiro atoms. The maximum atomic E-state index is 5.72. The van der Waals surface area contributed by atoms with Crippen molar-refractivity contribution in [1.82, 2.24) is 9.97 Å². The van der Waals surface area contributed by atoms with Gasteiger partial charge in [-0.15, -0.1) is 0 Å². The standard InChI is InChI=1S/C11H18N4O/c1-7(12)5-13-11-9-6-16-4-3-10(9)14-8(2)15-11/h7H,3-6,12H2,1-2H3,(H,13,14,15). The summed E-state index contributed by atoms with van der Waals surface area (Å²) in [5.41, 5.74) is 7.90. The van der Waals surface area contributed by atoms with Crippen LogP contribution >= 0.6 is 0 Å². The predicted octanol–water partition coefficient (Wildman–Crippen LogP) is 0.617. The molecule has 1 unspecified atom stereocenters. The van der Waals surface area contributed by atoms with Gasteiger partial charge >= 0.3 is 0 Å². The first-order valence-electron chi connectivity index (χ1n) is 5.60. The molecule has 0 saturated heterocycles. The molecule has 0 aliphatic carbocycles. The van der Waals surface area contributed by atoms with Crippen molar-refractivity contribution >= 4 is 5.82 Å². The monoisotopic (exact) mass is 222 g/mol. The van der Waals surface area contributed by atoms with Crippen molar-refractivity contribution in [3.05, 3.63) is 17.1 Å². The Morgan fingerprint density at radius 1 is 1.50 bits per heavy atom. The third-order valence-corrected chi connectivity index (χ3v) is 2.53. The van der Waals surface area contributed by atoms with E-state index in [-0.39, 0.29) is 6.04 Å². The summed E-state index contributed by atoms with van der Waals surface area (Å²) in [5.74, 6) is 1.67. The van der Waals surface area contributed by atoms with Gasteiger partial charge in [0.05, 0.1) is 18.9 Å². The van der Waals surface area contributed by atoms with E-state index in [4.69, 9.17) is 10.5 Å². The highest BCUT2D eigenvalue weighted by Gasteiger charge is 2.17. The third-order valence-electron chi connectivity index (χ3n) is 2.53. The SMILES string of the molecule is Cc1nc2c(c(NCC(C)N)n1)COCC2. The fourth-order valence-electron chi connectivity index (χ4n) is 1.76. The van der Waals surface area contributed by atoms with E-state index in [0.717, 1.165) is 35.9 Å². The van der Waals surface area contributed by atoms with Crippen LogP contribution in [-0.2, 0) is 17.8 Å². The lowest BCUT2D eigenvalue weighted by Crippen LogP contribution is -2.27. The van der Waals surface area contributed by atoms with E-state index in [9.17, 15) is 0 Å². The van der Waals surface area contributed by atoms with E-state index in [1.165, 1.54) is 0 Å². The number of nitrogens with one attached hydrogen (secondary N) is 1. The van der Waals surface area contributed by atoms with Crippen LogP contribution in [0.4, 0.5) is 5.82 Å². The first-order valence-corrected chi connectivity index (χ1v) is 5.60. The van der Waals surface area contributed by atoms with Crippen molar-refractivity contribution in [2.75, 3.05) is 18.5 Å². The Morgan fingerprint density at radius 2 is 2.31 bits per heavy atom. The largest absolute Gasteiger partial charge is 0.376 e. The average molecular weight is 222 g/mol. The highest BCUT2D eigenvalue weighted by atomic mass is 16.5. The molecule has 1 atom stereocenters. The maximum absolute atomic E-state index is 5.72. The normalized spacial score (nSPS) is 16.7. The zero-order valence-corrected chi connectivity index (χ0v) is 9.79. The van der Waals surface area contributed by atoms with Gasteiger partial charge in [-0.3, -0.25) is 0 Å². The Labute approximate surface area is 95.4 Å². The number of aromatic nitrogens is 2. The van der Waals surface area contributed by atoms with Crippen LogP contribution in [0, 0.1) is 6.92 Å². The molecule has 2 heterocycles. The first-order chi connectivity index (χ1) is 7.66. The van der Waals surface area contributed by atoms with Gasteiger partial charge in [0.2, 0.25) is 0 Å². The van der Waals surface area contributed by atoms with Gasteiger partial charge in [0.25, 0.3) is 0 Å². The summed E-state index contributed by atoms with van der Waals surface area (Å²) < 4.78 is 5.43. The molecule has 0 radical (unpaired) electrons. The van der Waals surface area contributed by atoms with Crippen LogP contribution in [0.25, 0.3) is 0 Å². The molecule has 16 heavy (non-hydrogen) atoms. The lowest BCUT2D eigenvalue weighted by molar-refractivity contribution is 0.109. The number of aryl methyl sites for hydroxylation is 1. The van der Waals surface area contributed by atoms with Gasteiger partial charge in [-0.1, -0.05) is 0 Å². The molecule has 0 bridgehead atoms. The molecule has 5 nitrogen and oxygen atoms in total. The zero-order chi connectivity index (χ0) is 11.5. The van der Waals surface area contributed by atoms with Gasteiger partial charge in [-0.05, 0) is 13.8 Å². The molecule has 0 fully saturated rings. The van der Waals surface area contributed by atoms with Gasteiger partial charge in [0, 0.05) is 24.6 Å². The molecule has 2 rings (SSSR count). The van der Waals surface area contributed by atoms with Crippen LogP contribution in [-0.4, -0.2) is 29.2 Å². The highest BCUT2D eigenvalue weighted by molar-refractivity contribution is 5.47. The summed E-state index contributed by atoms with van der Waals surface area (Å²) in [6, 6.07) is 0.107. The number of hydrogen-bond acceptors (Lipinski definition) is 5. The minimum Gasteiger partial charge on any atom is -0.376 e. The summed E-state index contributed by atoms with van der Waals surface area (Å²) in [6.07, 6.45) is 0.867. The number of ether oxygens (including phenoxy) is 1. The number of nitrogens with two attached hydrogens (primary N) is 1. The van der Waals surface area contributed by atoms with Crippen molar-refractivity contribution in [3.63, 3.8) is 0 Å². The molecule has 1 aliphatic heterocycles. The topological polar surface area (TPSA) is 73.1 Å². The van der Waals surface area contributed by atoms with E-state index in [0.29, 0.717) is 13.2 Å². The summed E-state index contributed by atoms with van der Waals surface area (Å²) in [4.78, 5) is 8.84. The van der Waals surface area contributed by atoms with E-state index in [1.807, 2.05) is 13.8 Å². The van der Waals surface area contributed by atoms with Gasteiger partial charge < -0.3 is 15.8 Å². The fraction of sp³-hybridized carbons (Fsp3) is 0.636. The predicted molar refractivity (Wildman–Crippen MR) is 62.3 cm³/mol. The Morgan fingerprint density at radius 3 is 3.06 bits per heavy atom. The van der Waals surface area contributed by atoms with Crippen LogP contribution in [0.2, 0.25) is 0 Å². The quantitative estimate of drug-likeness (QED) is 0.784. The maximum Gasteiger partial charge on any atom is 0.135 e. The van der Waals surface area contributed by atoms with E-state index in [1.54, 1.807) is 0 Å². The molecular formula is C11H18N4O. The van der Waals surface area contributed by atoms with Crippen molar-refractivity contribution in [1.29, 1.82) is 0 Å². The Kier molecular flexibility index (Phi) is 3.36. The van der Waals surface area contributed by atoms with Crippen molar-refractivity contribution in [3.8, 4) is 0 Å². The van der Waals surface area contributed by atoms with Gasteiger partial charge in [-0.2, -0.15) is 0 Å².